The lowest BCUT2D eigenvalue weighted by Crippen LogP contribution is -2.26. The molecular formula is C8H8ClN3O3S. The average molecular weight is 262 g/mol. The first-order chi connectivity index (χ1) is 7.48. The van der Waals surface area contributed by atoms with Gasteiger partial charge in [-0.3, -0.25) is 4.79 Å². The molecule has 1 aliphatic rings. The van der Waals surface area contributed by atoms with Crippen LogP contribution >= 0.6 is 10.7 Å². The monoisotopic (exact) mass is 261 g/mol. The largest absolute Gasteiger partial charge is 0.309 e. The highest BCUT2D eigenvalue weighted by Gasteiger charge is 2.37. The third-order valence-corrected chi connectivity index (χ3v) is 4.24. The zero-order chi connectivity index (χ0) is 11.8. The zero-order valence-corrected chi connectivity index (χ0v) is 9.65. The van der Waals surface area contributed by atoms with E-state index in [-0.39, 0.29) is 18.9 Å². The Bertz CT molecular complexity index is 505. The van der Waals surface area contributed by atoms with Gasteiger partial charge in [0.2, 0.25) is 15.0 Å². The van der Waals surface area contributed by atoms with Crippen LogP contribution in [0.25, 0.3) is 0 Å². The second kappa shape index (κ2) is 3.99. The van der Waals surface area contributed by atoms with Gasteiger partial charge in [0.25, 0.3) is 0 Å². The molecule has 1 amide bonds. The molecule has 86 valence electrons. The van der Waals surface area contributed by atoms with Gasteiger partial charge in [0.1, 0.15) is 5.25 Å². The van der Waals surface area contributed by atoms with Gasteiger partial charge in [0, 0.05) is 23.6 Å². The zero-order valence-electron chi connectivity index (χ0n) is 8.08. The minimum absolute atomic E-state index is 0.0658. The summed E-state index contributed by atoms with van der Waals surface area (Å²) in [5.41, 5.74) is 0.530. The average Bonchev–Trinajstić information content (AvgIpc) is 2.61. The number of rotatable bonds is 2. The SMILES string of the molecule is O=C1CC(S(=O)(=O)Cl)CN1c1ccnnc1. The summed E-state index contributed by atoms with van der Waals surface area (Å²) in [4.78, 5) is 12.9. The summed E-state index contributed by atoms with van der Waals surface area (Å²) >= 11 is 0. The van der Waals surface area contributed by atoms with Gasteiger partial charge in [-0.2, -0.15) is 10.2 Å². The predicted octanol–water partition coefficient (Wildman–Crippen LogP) is 0.150. The molecule has 6 nitrogen and oxygen atoms in total. The molecule has 0 aliphatic carbocycles. The smallest absolute Gasteiger partial charge is 0.237 e. The second-order valence-corrected chi connectivity index (χ2v) is 6.31. The summed E-state index contributed by atoms with van der Waals surface area (Å²) in [6.45, 7) is 0.0658. The number of aromatic nitrogens is 2. The van der Waals surface area contributed by atoms with E-state index in [1.54, 1.807) is 6.07 Å². The van der Waals surface area contributed by atoms with Crippen LogP contribution in [0.1, 0.15) is 6.42 Å². The fraction of sp³-hybridized carbons (Fsp3) is 0.375. The van der Waals surface area contributed by atoms with Gasteiger partial charge in [0.15, 0.2) is 0 Å². The number of nitrogens with zero attached hydrogens (tertiary/aromatic N) is 3. The number of amides is 1. The molecule has 2 rings (SSSR count). The van der Waals surface area contributed by atoms with E-state index in [0.717, 1.165) is 0 Å². The van der Waals surface area contributed by atoms with Crippen LogP contribution in [0.4, 0.5) is 5.69 Å². The van der Waals surface area contributed by atoms with E-state index in [1.807, 2.05) is 0 Å². The van der Waals surface area contributed by atoms with E-state index in [2.05, 4.69) is 10.2 Å². The van der Waals surface area contributed by atoms with Crippen molar-refractivity contribution in [1.82, 2.24) is 10.2 Å². The summed E-state index contributed by atoms with van der Waals surface area (Å²) in [6.07, 6.45) is 2.75. The van der Waals surface area contributed by atoms with E-state index in [0.29, 0.717) is 5.69 Å². The van der Waals surface area contributed by atoms with Crippen molar-refractivity contribution in [3.05, 3.63) is 18.5 Å². The molecule has 1 aliphatic heterocycles. The second-order valence-electron chi connectivity index (χ2n) is 3.41. The first-order valence-electron chi connectivity index (χ1n) is 4.49. The quantitative estimate of drug-likeness (QED) is 0.708. The number of halogens is 1. The minimum atomic E-state index is -3.70. The predicted molar refractivity (Wildman–Crippen MR) is 57.6 cm³/mol. The van der Waals surface area contributed by atoms with Gasteiger partial charge < -0.3 is 4.90 Å². The van der Waals surface area contributed by atoms with Crippen molar-refractivity contribution in [3.8, 4) is 0 Å². The molecule has 0 saturated carbocycles. The Balaban J connectivity index is 2.25. The normalized spacial score (nSPS) is 21.4. The molecule has 0 N–H and O–H groups in total. The lowest BCUT2D eigenvalue weighted by Gasteiger charge is -2.14. The summed E-state index contributed by atoms with van der Waals surface area (Å²) in [7, 11) is 1.52. The summed E-state index contributed by atoms with van der Waals surface area (Å²) < 4.78 is 22.2. The highest BCUT2D eigenvalue weighted by molar-refractivity contribution is 8.14. The van der Waals surface area contributed by atoms with Gasteiger partial charge in [-0.1, -0.05) is 0 Å². The maximum absolute atomic E-state index is 11.6. The highest BCUT2D eigenvalue weighted by Crippen LogP contribution is 2.25. The van der Waals surface area contributed by atoms with E-state index >= 15 is 0 Å². The molecule has 0 aromatic carbocycles. The standard InChI is InChI=1S/C8H8ClN3O3S/c9-16(14,15)7-3-8(13)12(5-7)6-1-2-10-11-4-6/h1-2,4,7H,3,5H2. The first-order valence-corrected chi connectivity index (χ1v) is 6.86. The van der Waals surface area contributed by atoms with Crippen molar-refractivity contribution in [2.45, 2.75) is 11.7 Å². The Hall–Kier alpha value is -1.21. The molecule has 0 spiro atoms. The maximum atomic E-state index is 11.6. The van der Waals surface area contributed by atoms with E-state index in [4.69, 9.17) is 10.7 Å². The van der Waals surface area contributed by atoms with Crippen molar-refractivity contribution in [2.75, 3.05) is 11.4 Å². The Kier molecular flexibility index (Phi) is 2.81. The lowest BCUT2D eigenvalue weighted by atomic mass is 10.4. The molecule has 0 radical (unpaired) electrons. The van der Waals surface area contributed by atoms with Crippen molar-refractivity contribution in [2.24, 2.45) is 0 Å². The third kappa shape index (κ3) is 2.14. The minimum Gasteiger partial charge on any atom is -0.309 e. The molecule has 8 heteroatoms. The fourth-order valence-corrected chi connectivity index (χ4v) is 2.58. The number of hydrogen-bond acceptors (Lipinski definition) is 5. The molecule has 16 heavy (non-hydrogen) atoms. The number of hydrogen-bond donors (Lipinski definition) is 0. The molecule has 2 heterocycles. The van der Waals surface area contributed by atoms with Crippen LogP contribution in [0.15, 0.2) is 18.5 Å². The molecule has 1 aromatic rings. The molecule has 1 atom stereocenters. The highest BCUT2D eigenvalue weighted by atomic mass is 35.7. The van der Waals surface area contributed by atoms with Crippen LogP contribution in [0, 0.1) is 0 Å². The molecule has 0 bridgehead atoms. The Morgan fingerprint density at radius 1 is 1.44 bits per heavy atom. The van der Waals surface area contributed by atoms with Crippen molar-refractivity contribution in [3.63, 3.8) is 0 Å². The lowest BCUT2D eigenvalue weighted by molar-refractivity contribution is -0.117. The van der Waals surface area contributed by atoms with E-state index in [1.165, 1.54) is 17.3 Å². The van der Waals surface area contributed by atoms with Crippen LogP contribution in [0.2, 0.25) is 0 Å². The van der Waals surface area contributed by atoms with Crippen LogP contribution < -0.4 is 4.90 Å². The molecule has 1 saturated heterocycles. The van der Waals surface area contributed by atoms with Gasteiger partial charge >= 0.3 is 0 Å². The summed E-state index contributed by atoms with van der Waals surface area (Å²) in [5.74, 6) is -0.276. The van der Waals surface area contributed by atoms with Gasteiger partial charge in [-0.25, -0.2) is 8.42 Å². The first kappa shape index (κ1) is 11.3. The number of carbonyl (C=O) groups is 1. The van der Waals surface area contributed by atoms with Gasteiger partial charge in [-0.05, 0) is 6.07 Å². The van der Waals surface area contributed by atoms with E-state index in [9.17, 15) is 13.2 Å². The van der Waals surface area contributed by atoms with Gasteiger partial charge in [0.05, 0.1) is 18.1 Å². The van der Waals surface area contributed by atoms with Crippen LogP contribution in [0.5, 0.6) is 0 Å². The third-order valence-electron chi connectivity index (χ3n) is 2.37. The number of anilines is 1. The van der Waals surface area contributed by atoms with Crippen molar-refractivity contribution >= 4 is 31.3 Å². The van der Waals surface area contributed by atoms with Crippen LogP contribution in [-0.4, -0.2) is 36.3 Å². The van der Waals surface area contributed by atoms with Gasteiger partial charge in [-0.15, -0.1) is 0 Å². The van der Waals surface area contributed by atoms with Crippen LogP contribution in [-0.2, 0) is 13.8 Å². The van der Waals surface area contributed by atoms with Crippen molar-refractivity contribution < 1.29 is 13.2 Å². The molecular weight excluding hydrogens is 254 g/mol. The van der Waals surface area contributed by atoms with Crippen molar-refractivity contribution in [1.29, 1.82) is 0 Å². The molecule has 1 aromatic heterocycles. The Morgan fingerprint density at radius 3 is 2.69 bits per heavy atom. The Morgan fingerprint density at radius 2 is 2.19 bits per heavy atom. The summed E-state index contributed by atoms with van der Waals surface area (Å²) in [6, 6.07) is 1.59. The molecule has 1 unspecified atom stereocenters. The summed E-state index contributed by atoms with van der Waals surface area (Å²) in [5, 5.41) is 6.35. The van der Waals surface area contributed by atoms with Crippen LogP contribution in [0.3, 0.4) is 0 Å². The topological polar surface area (TPSA) is 80.2 Å². The molecule has 1 fully saturated rings. The number of carbonyl (C=O) groups excluding carboxylic acids is 1. The van der Waals surface area contributed by atoms with E-state index < -0.39 is 14.3 Å². The maximum Gasteiger partial charge on any atom is 0.237 e. The Labute approximate surface area is 96.6 Å². The fourth-order valence-electron chi connectivity index (χ4n) is 1.56.